The molecule has 0 heterocycles. The van der Waals surface area contributed by atoms with E-state index < -0.39 is 10.0 Å². The average Bonchev–Trinajstić information content (AvgIpc) is 2.25. The van der Waals surface area contributed by atoms with Crippen LogP contribution in [0.1, 0.15) is 6.92 Å². The lowest BCUT2D eigenvalue weighted by molar-refractivity contribution is 0.598. The summed E-state index contributed by atoms with van der Waals surface area (Å²) in [4.78, 5) is 0. The SMILES string of the molecule is C/C=C(\Br)CN(c1ccccc1N)S(C)(=O)=O. The molecule has 1 rings (SSSR count). The molecule has 0 unspecified atom stereocenters. The van der Waals surface area contributed by atoms with Crippen molar-refractivity contribution in [1.82, 2.24) is 0 Å². The summed E-state index contributed by atoms with van der Waals surface area (Å²) in [5.74, 6) is 0. The van der Waals surface area contributed by atoms with Gasteiger partial charge in [-0.3, -0.25) is 4.31 Å². The number of sulfonamides is 1. The second-order valence-electron chi connectivity index (χ2n) is 3.56. The average molecular weight is 319 g/mol. The number of benzene rings is 1. The number of nitrogens with two attached hydrogens (primary N) is 1. The van der Waals surface area contributed by atoms with E-state index in [1.165, 1.54) is 4.31 Å². The van der Waals surface area contributed by atoms with Crippen LogP contribution in [0.15, 0.2) is 34.8 Å². The second kappa shape index (κ2) is 5.55. The molecule has 0 saturated heterocycles. The van der Waals surface area contributed by atoms with E-state index in [1.807, 2.05) is 6.92 Å². The number of anilines is 2. The maximum atomic E-state index is 11.8. The van der Waals surface area contributed by atoms with Crippen molar-refractivity contribution < 1.29 is 8.42 Å². The van der Waals surface area contributed by atoms with E-state index in [1.54, 1.807) is 30.3 Å². The van der Waals surface area contributed by atoms with Gasteiger partial charge in [-0.25, -0.2) is 8.42 Å². The third kappa shape index (κ3) is 3.74. The summed E-state index contributed by atoms with van der Waals surface area (Å²) in [7, 11) is -3.36. The molecule has 17 heavy (non-hydrogen) atoms. The summed E-state index contributed by atoms with van der Waals surface area (Å²) in [5, 5.41) is 0. The highest BCUT2D eigenvalue weighted by molar-refractivity contribution is 9.11. The minimum absolute atomic E-state index is 0.240. The molecule has 0 bridgehead atoms. The van der Waals surface area contributed by atoms with Crippen molar-refractivity contribution in [1.29, 1.82) is 0 Å². The first kappa shape index (κ1) is 14.1. The first-order valence-corrected chi connectivity index (χ1v) is 7.63. The van der Waals surface area contributed by atoms with E-state index in [0.29, 0.717) is 11.4 Å². The van der Waals surface area contributed by atoms with E-state index in [0.717, 1.165) is 10.7 Å². The van der Waals surface area contributed by atoms with Gasteiger partial charge in [-0.2, -0.15) is 0 Å². The smallest absolute Gasteiger partial charge is 0.232 e. The maximum absolute atomic E-state index is 11.8. The Labute approximate surface area is 110 Å². The predicted octanol–water partition coefficient (Wildman–Crippen LogP) is 2.33. The highest BCUT2D eigenvalue weighted by Gasteiger charge is 2.19. The molecule has 0 aromatic heterocycles. The van der Waals surface area contributed by atoms with Gasteiger partial charge < -0.3 is 5.73 Å². The van der Waals surface area contributed by atoms with Gasteiger partial charge in [0.15, 0.2) is 0 Å². The second-order valence-corrected chi connectivity index (χ2v) is 6.49. The third-order valence-corrected chi connectivity index (χ3v) is 4.05. The van der Waals surface area contributed by atoms with Crippen LogP contribution in [0.2, 0.25) is 0 Å². The van der Waals surface area contributed by atoms with Crippen molar-refractivity contribution in [3.8, 4) is 0 Å². The van der Waals surface area contributed by atoms with Gasteiger partial charge in [0.25, 0.3) is 0 Å². The standard InChI is InChI=1S/C11H15BrN2O2S/c1-3-9(12)8-14(17(2,15)16)11-7-5-4-6-10(11)13/h3-7H,8,13H2,1-2H3/b9-3-. The summed E-state index contributed by atoms with van der Waals surface area (Å²) >= 11 is 3.31. The minimum Gasteiger partial charge on any atom is -0.397 e. The van der Waals surface area contributed by atoms with Crippen LogP contribution in [-0.4, -0.2) is 21.2 Å². The largest absolute Gasteiger partial charge is 0.397 e. The predicted molar refractivity (Wildman–Crippen MR) is 75.7 cm³/mol. The Morgan fingerprint density at radius 1 is 1.47 bits per heavy atom. The number of hydrogen-bond acceptors (Lipinski definition) is 3. The fourth-order valence-corrected chi connectivity index (χ4v) is 2.64. The summed E-state index contributed by atoms with van der Waals surface area (Å²) in [5.41, 5.74) is 6.73. The molecule has 4 nitrogen and oxygen atoms in total. The Morgan fingerprint density at radius 2 is 2.06 bits per heavy atom. The van der Waals surface area contributed by atoms with Crippen molar-refractivity contribution in [3.05, 3.63) is 34.8 Å². The molecule has 0 saturated carbocycles. The molecule has 2 N–H and O–H groups in total. The molecule has 0 aliphatic heterocycles. The number of para-hydroxylation sites is 2. The molecule has 0 radical (unpaired) electrons. The monoisotopic (exact) mass is 318 g/mol. The summed E-state index contributed by atoms with van der Waals surface area (Å²) in [6.07, 6.45) is 2.96. The van der Waals surface area contributed by atoms with E-state index >= 15 is 0 Å². The van der Waals surface area contributed by atoms with Gasteiger partial charge in [0.1, 0.15) is 0 Å². The molecular formula is C11H15BrN2O2S. The van der Waals surface area contributed by atoms with E-state index in [-0.39, 0.29) is 6.54 Å². The number of nitrogen functional groups attached to an aromatic ring is 1. The zero-order valence-corrected chi connectivity index (χ0v) is 12.1. The lowest BCUT2D eigenvalue weighted by Gasteiger charge is -2.23. The Hall–Kier alpha value is -1.01. The van der Waals surface area contributed by atoms with E-state index in [4.69, 9.17) is 5.73 Å². The van der Waals surface area contributed by atoms with Crippen LogP contribution < -0.4 is 10.0 Å². The molecule has 0 atom stereocenters. The lowest BCUT2D eigenvalue weighted by Crippen LogP contribution is -2.31. The molecule has 94 valence electrons. The zero-order valence-electron chi connectivity index (χ0n) is 9.72. The molecular weight excluding hydrogens is 304 g/mol. The number of allylic oxidation sites excluding steroid dienone is 1. The Bertz CT molecular complexity index is 526. The zero-order chi connectivity index (χ0) is 13.1. The summed E-state index contributed by atoms with van der Waals surface area (Å²) in [6, 6.07) is 6.89. The molecule has 1 aromatic carbocycles. The quantitative estimate of drug-likeness (QED) is 0.867. The van der Waals surface area contributed by atoms with Crippen molar-refractivity contribution in [2.24, 2.45) is 0 Å². The highest BCUT2D eigenvalue weighted by atomic mass is 79.9. The van der Waals surface area contributed by atoms with Gasteiger partial charge in [0, 0.05) is 4.48 Å². The number of halogens is 1. The normalized spacial score (nSPS) is 12.5. The van der Waals surface area contributed by atoms with Crippen molar-refractivity contribution in [3.63, 3.8) is 0 Å². The van der Waals surface area contributed by atoms with E-state index in [2.05, 4.69) is 15.9 Å². The van der Waals surface area contributed by atoms with Crippen LogP contribution in [0.4, 0.5) is 11.4 Å². The third-order valence-electron chi connectivity index (χ3n) is 2.21. The number of rotatable bonds is 4. The Kier molecular flexibility index (Phi) is 4.59. The van der Waals surface area contributed by atoms with Gasteiger partial charge in [-0.15, -0.1) is 0 Å². The van der Waals surface area contributed by atoms with Gasteiger partial charge in [-0.1, -0.05) is 34.1 Å². The van der Waals surface area contributed by atoms with Gasteiger partial charge in [-0.05, 0) is 19.1 Å². The fraction of sp³-hybridized carbons (Fsp3) is 0.273. The Balaban J connectivity index is 3.22. The number of hydrogen-bond donors (Lipinski definition) is 1. The van der Waals surface area contributed by atoms with Crippen LogP contribution in [0.3, 0.4) is 0 Å². The summed E-state index contributed by atoms with van der Waals surface area (Å²) < 4.78 is 25.6. The minimum atomic E-state index is -3.36. The van der Waals surface area contributed by atoms with Crippen LogP contribution in [-0.2, 0) is 10.0 Å². The topological polar surface area (TPSA) is 63.4 Å². The first-order chi connectivity index (χ1) is 7.86. The van der Waals surface area contributed by atoms with Crippen LogP contribution in [0.25, 0.3) is 0 Å². The molecule has 6 heteroatoms. The van der Waals surface area contributed by atoms with Crippen molar-refractivity contribution in [2.45, 2.75) is 6.92 Å². The highest BCUT2D eigenvalue weighted by Crippen LogP contribution is 2.26. The molecule has 0 aliphatic rings. The van der Waals surface area contributed by atoms with Crippen molar-refractivity contribution >= 4 is 37.3 Å². The number of nitrogens with zero attached hydrogens (tertiary/aromatic N) is 1. The fourth-order valence-electron chi connectivity index (χ4n) is 1.32. The van der Waals surface area contributed by atoms with Crippen LogP contribution >= 0.6 is 15.9 Å². The molecule has 1 aromatic rings. The lowest BCUT2D eigenvalue weighted by atomic mass is 10.2. The molecule has 0 amide bonds. The van der Waals surface area contributed by atoms with Gasteiger partial charge in [0.2, 0.25) is 10.0 Å². The molecule has 0 spiro atoms. The van der Waals surface area contributed by atoms with Crippen LogP contribution in [0, 0.1) is 0 Å². The van der Waals surface area contributed by atoms with Crippen molar-refractivity contribution in [2.75, 3.05) is 22.8 Å². The maximum Gasteiger partial charge on any atom is 0.232 e. The van der Waals surface area contributed by atoms with E-state index in [9.17, 15) is 8.42 Å². The summed E-state index contributed by atoms with van der Waals surface area (Å²) in [6.45, 7) is 2.07. The first-order valence-electron chi connectivity index (χ1n) is 4.99. The van der Waals surface area contributed by atoms with Gasteiger partial charge in [0.05, 0.1) is 24.2 Å². The molecule has 0 fully saturated rings. The van der Waals surface area contributed by atoms with Crippen LogP contribution in [0.5, 0.6) is 0 Å². The Morgan fingerprint density at radius 3 is 2.53 bits per heavy atom. The van der Waals surface area contributed by atoms with Gasteiger partial charge >= 0.3 is 0 Å². The molecule has 0 aliphatic carbocycles.